The van der Waals surface area contributed by atoms with Gasteiger partial charge in [0.2, 0.25) is 11.8 Å². The third-order valence-electron chi connectivity index (χ3n) is 6.22. The summed E-state index contributed by atoms with van der Waals surface area (Å²) in [6, 6.07) is 11.5. The van der Waals surface area contributed by atoms with Gasteiger partial charge in [0.25, 0.3) is 10.0 Å². The van der Waals surface area contributed by atoms with Gasteiger partial charge >= 0.3 is 12.1 Å². The lowest BCUT2D eigenvalue weighted by Crippen LogP contribution is -2.49. The van der Waals surface area contributed by atoms with Gasteiger partial charge in [-0.05, 0) is 41.5 Å². The Labute approximate surface area is 273 Å². The molecule has 0 aliphatic carbocycles. The summed E-state index contributed by atoms with van der Waals surface area (Å²) in [5.74, 6) is -3.74. The van der Waals surface area contributed by atoms with E-state index in [1.807, 2.05) is 35.7 Å². The number of carbonyl (C=O) groups excluding carboxylic acids is 2. The zero-order valence-electron chi connectivity index (χ0n) is 23.0. The number of amides is 2. The van der Waals surface area contributed by atoms with Gasteiger partial charge in [0.1, 0.15) is 20.4 Å². The lowest BCUT2D eigenvalue weighted by atomic mass is 10.1. The number of carbonyl (C=O) groups is 3. The molecule has 2 amide bonds. The number of halogens is 5. The van der Waals surface area contributed by atoms with Crippen molar-refractivity contribution < 1.29 is 41.1 Å². The monoisotopic (exact) mass is 727 g/mol. The van der Waals surface area contributed by atoms with Crippen LogP contribution < -0.4 is 11.1 Å². The molecule has 1 saturated heterocycles. The minimum absolute atomic E-state index is 0.0595. The van der Waals surface area contributed by atoms with E-state index in [1.165, 1.54) is 17.4 Å². The number of likely N-dealkylation sites (tertiary alicyclic amines) is 1. The highest BCUT2D eigenvalue weighted by molar-refractivity contribution is 7.91. The summed E-state index contributed by atoms with van der Waals surface area (Å²) >= 11 is 14.1. The number of nitrogens with two attached hydrogens (primary N) is 1. The van der Waals surface area contributed by atoms with Gasteiger partial charge in [-0.2, -0.15) is 17.5 Å². The van der Waals surface area contributed by atoms with Crippen molar-refractivity contribution in [2.45, 2.75) is 35.8 Å². The fraction of sp³-hybridized carbons (Fsp3) is 0.308. The number of amidine groups is 1. The van der Waals surface area contributed by atoms with Gasteiger partial charge in [-0.15, -0.1) is 22.7 Å². The molecule has 0 unspecified atom stereocenters. The van der Waals surface area contributed by atoms with E-state index in [9.17, 15) is 31.2 Å². The number of hydrogen-bond acceptors (Lipinski definition) is 8. The summed E-state index contributed by atoms with van der Waals surface area (Å²) < 4.78 is 59.9. The summed E-state index contributed by atoms with van der Waals surface area (Å²) in [4.78, 5) is 37.3. The Balaban J connectivity index is 0.000000707. The highest BCUT2D eigenvalue weighted by atomic mass is 35.5. The van der Waals surface area contributed by atoms with Crippen LogP contribution in [-0.2, 0) is 37.4 Å². The SMILES string of the molecule is N=C(N)c1cc(CN2CC[C@H](N(CC(=O)NCCc3ccccc3)S(=O)(=O)c3cc(Cl)c(Cl)s3)C2=O)cs1.O=C(O)C(F)(F)F. The van der Waals surface area contributed by atoms with Crippen LogP contribution in [0.25, 0.3) is 0 Å². The van der Waals surface area contributed by atoms with Crippen LogP contribution >= 0.6 is 45.9 Å². The summed E-state index contributed by atoms with van der Waals surface area (Å²) in [6.45, 7) is 0.339. The number of sulfonamides is 1. The molecule has 1 atom stereocenters. The molecule has 11 nitrogen and oxygen atoms in total. The molecule has 19 heteroatoms. The molecule has 1 aliphatic rings. The normalized spacial score (nSPS) is 15.1. The maximum Gasteiger partial charge on any atom is 0.490 e. The van der Waals surface area contributed by atoms with Gasteiger partial charge in [-0.25, -0.2) is 13.2 Å². The van der Waals surface area contributed by atoms with Gasteiger partial charge in [0, 0.05) is 19.6 Å². The van der Waals surface area contributed by atoms with E-state index in [-0.39, 0.29) is 32.4 Å². The predicted molar refractivity (Wildman–Crippen MR) is 164 cm³/mol. The number of benzene rings is 1. The van der Waals surface area contributed by atoms with Crippen molar-refractivity contribution in [2.24, 2.45) is 5.73 Å². The highest BCUT2D eigenvalue weighted by Crippen LogP contribution is 2.37. The van der Waals surface area contributed by atoms with Gasteiger partial charge in [0.15, 0.2) is 0 Å². The van der Waals surface area contributed by atoms with Crippen molar-refractivity contribution in [2.75, 3.05) is 19.6 Å². The first-order chi connectivity index (χ1) is 21.0. The summed E-state index contributed by atoms with van der Waals surface area (Å²) in [5, 5.41) is 19.3. The summed E-state index contributed by atoms with van der Waals surface area (Å²) in [6.07, 6.45) is -4.29. The molecule has 244 valence electrons. The number of thiophene rings is 2. The molecule has 0 bridgehead atoms. The van der Waals surface area contributed by atoms with E-state index >= 15 is 0 Å². The van der Waals surface area contributed by atoms with E-state index in [0.29, 0.717) is 24.4 Å². The Kier molecular flexibility index (Phi) is 12.4. The fourth-order valence-corrected chi connectivity index (χ4v) is 8.43. The van der Waals surface area contributed by atoms with Crippen molar-refractivity contribution >= 4 is 79.5 Å². The minimum Gasteiger partial charge on any atom is -0.475 e. The number of carboxylic acids is 1. The van der Waals surface area contributed by atoms with Crippen LogP contribution in [0.4, 0.5) is 13.2 Å². The van der Waals surface area contributed by atoms with Gasteiger partial charge < -0.3 is 21.1 Å². The number of nitrogen functional groups attached to an aromatic ring is 1. The van der Waals surface area contributed by atoms with Gasteiger partial charge in [0.05, 0.1) is 16.4 Å². The molecular formula is C26H26Cl2F3N5O6S3. The van der Waals surface area contributed by atoms with Crippen LogP contribution in [-0.4, -0.2) is 78.2 Å². The molecule has 3 heterocycles. The summed E-state index contributed by atoms with van der Waals surface area (Å²) in [5.41, 5.74) is 7.36. The number of alkyl halides is 3. The number of carboxylic acid groups (broad SMARTS) is 1. The first-order valence-corrected chi connectivity index (χ1v) is 16.7. The van der Waals surface area contributed by atoms with E-state index in [4.69, 9.17) is 44.2 Å². The lowest BCUT2D eigenvalue weighted by molar-refractivity contribution is -0.192. The van der Waals surface area contributed by atoms with E-state index < -0.39 is 46.6 Å². The van der Waals surface area contributed by atoms with Gasteiger partial charge in [-0.3, -0.25) is 15.0 Å². The Bertz CT molecular complexity index is 1630. The van der Waals surface area contributed by atoms with Crippen LogP contribution in [0.3, 0.4) is 0 Å². The average Bonchev–Trinajstić information content (AvgIpc) is 3.67. The van der Waals surface area contributed by atoms with E-state index in [0.717, 1.165) is 26.8 Å². The van der Waals surface area contributed by atoms with Crippen molar-refractivity contribution in [3.8, 4) is 0 Å². The molecule has 4 rings (SSSR count). The molecule has 0 spiro atoms. The van der Waals surface area contributed by atoms with Crippen molar-refractivity contribution in [1.82, 2.24) is 14.5 Å². The molecule has 5 N–H and O–H groups in total. The first-order valence-electron chi connectivity index (χ1n) is 12.8. The van der Waals surface area contributed by atoms with Crippen molar-refractivity contribution in [3.63, 3.8) is 0 Å². The second-order valence-electron chi connectivity index (χ2n) is 9.42. The number of nitrogens with one attached hydrogen (secondary N) is 2. The Morgan fingerprint density at radius 2 is 1.82 bits per heavy atom. The molecule has 45 heavy (non-hydrogen) atoms. The molecule has 1 fully saturated rings. The molecule has 0 radical (unpaired) electrons. The van der Waals surface area contributed by atoms with Crippen LogP contribution in [0.2, 0.25) is 9.36 Å². The highest BCUT2D eigenvalue weighted by Gasteiger charge is 2.43. The largest absolute Gasteiger partial charge is 0.490 e. The molecule has 2 aromatic heterocycles. The topological polar surface area (TPSA) is 174 Å². The molecule has 3 aromatic rings. The van der Waals surface area contributed by atoms with E-state index in [1.54, 1.807) is 11.0 Å². The third-order valence-corrected chi connectivity index (χ3v) is 11.4. The van der Waals surface area contributed by atoms with Crippen LogP contribution in [0.5, 0.6) is 0 Å². The first kappa shape index (κ1) is 36.3. The maximum absolute atomic E-state index is 13.6. The van der Waals surface area contributed by atoms with Gasteiger partial charge in [-0.1, -0.05) is 53.5 Å². The Hall–Kier alpha value is -3.22. The second-order valence-corrected chi connectivity index (χ2v) is 14.5. The number of aliphatic carboxylic acids is 1. The molecule has 1 aromatic carbocycles. The van der Waals surface area contributed by atoms with Crippen LogP contribution in [0, 0.1) is 5.41 Å². The number of nitrogens with zero attached hydrogens (tertiary/aromatic N) is 2. The van der Waals surface area contributed by atoms with Crippen LogP contribution in [0.15, 0.2) is 52.1 Å². The zero-order chi connectivity index (χ0) is 33.5. The second kappa shape index (κ2) is 15.4. The quantitative estimate of drug-likeness (QED) is 0.169. The zero-order valence-corrected chi connectivity index (χ0v) is 27.0. The smallest absolute Gasteiger partial charge is 0.475 e. The van der Waals surface area contributed by atoms with Crippen molar-refractivity contribution in [1.29, 1.82) is 5.41 Å². The molecular weight excluding hydrogens is 702 g/mol. The Morgan fingerprint density at radius 1 is 1.18 bits per heavy atom. The number of rotatable bonds is 11. The standard InChI is InChI=1S/C24H25Cl2N5O4S3.C2HF3O2/c25-17-11-21(37-22(17)26)38(34,35)31(13-20(32)29-8-6-15-4-2-1-3-5-15)18-7-9-30(24(18)33)12-16-10-19(23(27)28)36-14-16;3-2(4,5)1(6)7/h1-5,10-11,14,18H,6-9,12-13H2,(H3,27,28)(H,29,32);(H,6,7)/t18-;/m0./s1. The average molecular weight is 729 g/mol. The lowest BCUT2D eigenvalue weighted by Gasteiger charge is -2.26. The minimum atomic E-state index is -5.08. The number of hydrogen-bond donors (Lipinski definition) is 4. The Morgan fingerprint density at radius 3 is 2.36 bits per heavy atom. The van der Waals surface area contributed by atoms with E-state index in [2.05, 4.69) is 5.32 Å². The van der Waals surface area contributed by atoms with Crippen molar-refractivity contribution in [3.05, 3.63) is 73.2 Å². The van der Waals surface area contributed by atoms with Crippen LogP contribution in [0.1, 0.15) is 22.4 Å². The maximum atomic E-state index is 13.6. The fourth-order valence-electron chi connectivity index (χ4n) is 4.09. The predicted octanol–water partition coefficient (Wildman–Crippen LogP) is 4.18. The summed E-state index contributed by atoms with van der Waals surface area (Å²) in [7, 11) is -4.26. The molecule has 1 aliphatic heterocycles. The third kappa shape index (κ3) is 9.88. The molecule has 0 saturated carbocycles.